The molecule has 2 aromatic carbocycles. The van der Waals surface area contributed by atoms with Gasteiger partial charge in [0.25, 0.3) is 0 Å². The highest BCUT2D eigenvalue weighted by Gasteiger charge is 2.29. The molecule has 1 unspecified atom stereocenters. The second-order valence-electron chi connectivity index (χ2n) is 10.6. The van der Waals surface area contributed by atoms with Crippen molar-refractivity contribution in [2.45, 2.75) is 37.9 Å². The number of methoxy groups -OCH3 is 1. The van der Waals surface area contributed by atoms with E-state index in [1.165, 1.54) is 34.9 Å². The summed E-state index contributed by atoms with van der Waals surface area (Å²) < 4.78 is 11.7. The summed E-state index contributed by atoms with van der Waals surface area (Å²) in [4.78, 5) is 17.3. The molecule has 2 fully saturated rings. The molecular weight excluding hydrogens is 464 g/mol. The van der Waals surface area contributed by atoms with E-state index in [4.69, 9.17) is 19.4 Å². The van der Waals surface area contributed by atoms with Crippen LogP contribution in [0.1, 0.15) is 24.1 Å². The number of ether oxygens (including phenoxy) is 2. The molecule has 8 nitrogen and oxygen atoms in total. The first kappa shape index (κ1) is 24.4. The molecule has 0 aliphatic carbocycles. The van der Waals surface area contributed by atoms with Gasteiger partial charge in [-0.1, -0.05) is 36.4 Å². The van der Waals surface area contributed by atoms with Crippen LogP contribution in [0.2, 0.25) is 0 Å². The molecule has 3 aliphatic rings. The maximum Gasteiger partial charge on any atom is 0.318 e. The van der Waals surface area contributed by atoms with Crippen molar-refractivity contribution in [2.75, 3.05) is 69.9 Å². The maximum absolute atomic E-state index is 6.29. The van der Waals surface area contributed by atoms with Crippen LogP contribution in [-0.4, -0.2) is 87.0 Å². The van der Waals surface area contributed by atoms with Crippen LogP contribution < -0.4 is 19.9 Å². The third-order valence-electron chi connectivity index (χ3n) is 8.13. The van der Waals surface area contributed by atoms with Crippen molar-refractivity contribution in [2.24, 2.45) is 0 Å². The number of piperazine rings is 1. The molecule has 3 aromatic rings. The monoisotopic (exact) mass is 502 g/mol. The molecule has 1 aromatic heterocycles. The molecule has 3 aliphatic heterocycles. The topological polar surface area (TPSA) is 66.0 Å². The predicted octanol–water partition coefficient (Wildman–Crippen LogP) is 3.09. The summed E-state index contributed by atoms with van der Waals surface area (Å²) in [6.07, 6.45) is 3.31. The first-order chi connectivity index (χ1) is 18.2. The second kappa shape index (κ2) is 10.8. The van der Waals surface area contributed by atoms with E-state index in [0.29, 0.717) is 25.3 Å². The summed E-state index contributed by atoms with van der Waals surface area (Å²) >= 11 is 0. The normalized spacial score (nSPS) is 22.4. The van der Waals surface area contributed by atoms with Crippen LogP contribution in [0, 0.1) is 0 Å². The Bertz CT molecular complexity index is 1230. The van der Waals surface area contributed by atoms with Crippen molar-refractivity contribution < 1.29 is 9.47 Å². The quantitative estimate of drug-likeness (QED) is 0.529. The van der Waals surface area contributed by atoms with Gasteiger partial charge in [0.2, 0.25) is 0 Å². The largest absolute Gasteiger partial charge is 0.462 e. The Hall–Kier alpha value is -2.94. The van der Waals surface area contributed by atoms with Gasteiger partial charge in [0.15, 0.2) is 0 Å². The van der Waals surface area contributed by atoms with Crippen molar-refractivity contribution in [1.29, 1.82) is 0 Å². The molecule has 0 bridgehead atoms. The Kier molecular flexibility index (Phi) is 7.13. The molecular formula is C29H38N6O2. The lowest BCUT2D eigenvalue weighted by Gasteiger charge is -2.37. The number of benzene rings is 2. The Morgan fingerprint density at radius 1 is 1.00 bits per heavy atom. The van der Waals surface area contributed by atoms with E-state index in [1.807, 2.05) is 0 Å². The number of nitrogens with one attached hydrogen (secondary N) is 1. The second-order valence-corrected chi connectivity index (χ2v) is 10.6. The average Bonchev–Trinajstić information content (AvgIpc) is 3.35. The zero-order valence-electron chi connectivity index (χ0n) is 22.0. The third kappa shape index (κ3) is 5.10. The molecule has 196 valence electrons. The highest BCUT2D eigenvalue weighted by atomic mass is 16.5. The predicted molar refractivity (Wildman–Crippen MR) is 148 cm³/mol. The van der Waals surface area contributed by atoms with E-state index in [-0.39, 0.29) is 6.04 Å². The Balaban J connectivity index is 1.32. The van der Waals surface area contributed by atoms with Crippen molar-refractivity contribution >= 4 is 22.3 Å². The molecule has 2 saturated heterocycles. The number of rotatable bonds is 7. The number of aromatic nitrogens is 2. The lowest BCUT2D eigenvalue weighted by atomic mass is 10.0. The van der Waals surface area contributed by atoms with E-state index in [0.717, 1.165) is 57.2 Å². The fourth-order valence-corrected chi connectivity index (χ4v) is 6.10. The van der Waals surface area contributed by atoms with E-state index in [9.17, 15) is 0 Å². The lowest BCUT2D eigenvalue weighted by Crippen LogP contribution is -2.53. The minimum absolute atomic E-state index is 0.289. The summed E-state index contributed by atoms with van der Waals surface area (Å²) in [6, 6.07) is 16.4. The smallest absolute Gasteiger partial charge is 0.318 e. The molecule has 0 spiro atoms. The molecule has 1 N–H and O–H groups in total. The van der Waals surface area contributed by atoms with Crippen LogP contribution in [0.15, 0.2) is 42.5 Å². The van der Waals surface area contributed by atoms with Gasteiger partial charge in [-0.2, -0.15) is 9.97 Å². The van der Waals surface area contributed by atoms with Gasteiger partial charge < -0.3 is 29.5 Å². The van der Waals surface area contributed by atoms with Crippen molar-refractivity contribution in [3.8, 4) is 6.01 Å². The van der Waals surface area contributed by atoms with Crippen LogP contribution in [0.25, 0.3) is 10.8 Å². The van der Waals surface area contributed by atoms with Gasteiger partial charge in [-0.3, -0.25) is 0 Å². The summed E-state index contributed by atoms with van der Waals surface area (Å²) in [7, 11) is 3.94. The van der Waals surface area contributed by atoms with E-state index < -0.39 is 0 Å². The van der Waals surface area contributed by atoms with Crippen molar-refractivity contribution in [3.05, 3.63) is 53.7 Å². The van der Waals surface area contributed by atoms with Crippen LogP contribution >= 0.6 is 0 Å². The van der Waals surface area contributed by atoms with Crippen LogP contribution in [0.3, 0.4) is 0 Å². The van der Waals surface area contributed by atoms with Gasteiger partial charge in [-0.25, -0.2) is 0 Å². The van der Waals surface area contributed by atoms with Crippen LogP contribution in [-0.2, 0) is 17.7 Å². The fourth-order valence-electron chi connectivity index (χ4n) is 6.10. The molecule has 8 heteroatoms. The number of fused-ring (bicyclic) bond motifs is 2. The Morgan fingerprint density at radius 3 is 2.76 bits per heavy atom. The third-order valence-corrected chi connectivity index (χ3v) is 8.13. The molecule has 0 amide bonds. The average molecular weight is 503 g/mol. The van der Waals surface area contributed by atoms with E-state index >= 15 is 0 Å². The number of hydrogen-bond donors (Lipinski definition) is 1. The molecule has 4 heterocycles. The number of likely N-dealkylation sites (tertiary alicyclic amines) is 1. The number of anilines is 2. The fraction of sp³-hybridized carbons (Fsp3) is 0.517. The number of hydrogen-bond acceptors (Lipinski definition) is 8. The summed E-state index contributed by atoms with van der Waals surface area (Å²) in [5.74, 6) is 1.04. The van der Waals surface area contributed by atoms with Crippen molar-refractivity contribution in [1.82, 2.24) is 20.2 Å². The van der Waals surface area contributed by atoms with Gasteiger partial charge in [0.05, 0.1) is 18.8 Å². The summed E-state index contributed by atoms with van der Waals surface area (Å²) in [5, 5.41) is 6.12. The van der Waals surface area contributed by atoms with E-state index in [2.05, 4.69) is 69.5 Å². The number of nitrogens with zero attached hydrogens (tertiary/aromatic N) is 5. The highest BCUT2D eigenvalue weighted by molar-refractivity contribution is 5.94. The molecule has 6 rings (SSSR count). The van der Waals surface area contributed by atoms with Crippen LogP contribution in [0.5, 0.6) is 6.01 Å². The summed E-state index contributed by atoms with van der Waals surface area (Å²) in [5.41, 5.74) is 3.61. The molecule has 0 saturated carbocycles. The molecule has 2 atom stereocenters. The summed E-state index contributed by atoms with van der Waals surface area (Å²) in [6.45, 7) is 6.86. The van der Waals surface area contributed by atoms with Gasteiger partial charge in [0.1, 0.15) is 12.4 Å². The van der Waals surface area contributed by atoms with E-state index in [1.54, 1.807) is 7.11 Å². The van der Waals surface area contributed by atoms with Gasteiger partial charge in [-0.05, 0) is 44.3 Å². The highest BCUT2D eigenvalue weighted by Crippen LogP contribution is 2.34. The lowest BCUT2D eigenvalue weighted by molar-refractivity contribution is 0.163. The van der Waals surface area contributed by atoms with Gasteiger partial charge in [0, 0.05) is 62.0 Å². The first-order valence-electron chi connectivity index (χ1n) is 13.6. The van der Waals surface area contributed by atoms with Crippen molar-refractivity contribution in [3.63, 3.8) is 0 Å². The van der Waals surface area contributed by atoms with Gasteiger partial charge >= 0.3 is 6.01 Å². The zero-order chi connectivity index (χ0) is 25.2. The minimum Gasteiger partial charge on any atom is -0.462 e. The maximum atomic E-state index is 6.29. The number of likely N-dealkylation sites (N-methyl/N-ethyl adjacent to an activating group) is 1. The standard InChI is InChI=1S/C29H38N6O2/c1-33-14-6-9-23(33)20-37-29-31-26-18-34(27-11-5-8-21-7-3-4-10-24(21)27)15-12-25(26)28(32-29)35-16-13-30-22(17-35)19-36-2/h3-5,7-8,10-11,22-23,30H,6,9,12-20H2,1-2H3/t22?,23-/m0/s1. The van der Waals surface area contributed by atoms with Gasteiger partial charge in [-0.15, -0.1) is 0 Å². The van der Waals surface area contributed by atoms with Crippen LogP contribution in [0.4, 0.5) is 11.5 Å². The molecule has 0 radical (unpaired) electrons. The first-order valence-corrected chi connectivity index (χ1v) is 13.6. The Morgan fingerprint density at radius 2 is 1.89 bits per heavy atom. The zero-order valence-corrected chi connectivity index (χ0v) is 22.0. The SMILES string of the molecule is COCC1CN(c2nc(OC[C@@H]3CCCN3C)nc3c2CCN(c2cccc4ccccc24)C3)CCN1. The molecule has 37 heavy (non-hydrogen) atoms. The Labute approximate surface area is 219 Å². The minimum atomic E-state index is 0.289.